The zero-order valence-corrected chi connectivity index (χ0v) is 12.3. The minimum absolute atomic E-state index is 0.173. The molecule has 0 bridgehead atoms. The molecule has 2 aromatic rings. The molecule has 0 saturated heterocycles. The predicted octanol–water partition coefficient (Wildman–Crippen LogP) is 3.62. The molecule has 2 N–H and O–H groups in total. The topological polar surface area (TPSA) is 41.5 Å². The summed E-state index contributed by atoms with van der Waals surface area (Å²) in [4.78, 5) is 0. The van der Waals surface area contributed by atoms with Crippen molar-refractivity contribution in [3.05, 3.63) is 45.6 Å². The minimum Gasteiger partial charge on any atom is -0.504 e. The van der Waals surface area contributed by atoms with Crippen LogP contribution in [-0.2, 0) is 6.54 Å². The molecule has 0 radical (unpaired) electrons. The predicted molar refractivity (Wildman–Crippen MR) is 79.0 cm³/mol. The Hall–Kier alpha value is -1.52. The Balaban J connectivity index is 2.03. The molecule has 0 spiro atoms. The monoisotopic (exact) mass is 277 g/mol. The van der Waals surface area contributed by atoms with Gasteiger partial charge in [-0.1, -0.05) is 6.07 Å². The highest BCUT2D eigenvalue weighted by atomic mass is 32.1. The van der Waals surface area contributed by atoms with E-state index in [1.807, 2.05) is 12.1 Å². The normalized spacial score (nSPS) is 12.4. The van der Waals surface area contributed by atoms with Gasteiger partial charge in [-0.2, -0.15) is 11.3 Å². The van der Waals surface area contributed by atoms with Crippen molar-refractivity contribution in [2.75, 3.05) is 7.11 Å². The highest BCUT2D eigenvalue weighted by Crippen LogP contribution is 2.29. The maximum absolute atomic E-state index is 9.59. The van der Waals surface area contributed by atoms with Crippen LogP contribution in [0.15, 0.2) is 29.0 Å². The van der Waals surface area contributed by atoms with E-state index >= 15 is 0 Å². The van der Waals surface area contributed by atoms with Crippen LogP contribution in [0.25, 0.3) is 0 Å². The number of ether oxygens (including phenoxy) is 1. The largest absolute Gasteiger partial charge is 0.504 e. The molecule has 0 saturated carbocycles. The summed E-state index contributed by atoms with van der Waals surface area (Å²) in [6.07, 6.45) is 0. The third-order valence-electron chi connectivity index (χ3n) is 3.26. The molecule has 1 atom stereocenters. The van der Waals surface area contributed by atoms with Gasteiger partial charge in [0.05, 0.1) is 7.11 Å². The van der Waals surface area contributed by atoms with Crippen molar-refractivity contribution in [3.8, 4) is 11.5 Å². The SMILES string of the molecule is COc1cc(C(C)NCc2cscc2C)ccc1O. The first kappa shape index (κ1) is 13.9. The van der Waals surface area contributed by atoms with E-state index in [9.17, 15) is 5.11 Å². The third-order valence-corrected chi connectivity index (χ3v) is 4.17. The van der Waals surface area contributed by atoms with Gasteiger partial charge in [0.15, 0.2) is 11.5 Å². The lowest BCUT2D eigenvalue weighted by Crippen LogP contribution is -2.18. The van der Waals surface area contributed by atoms with Gasteiger partial charge < -0.3 is 15.2 Å². The average Bonchev–Trinajstić information content (AvgIpc) is 2.82. The second-order valence-electron chi connectivity index (χ2n) is 4.61. The number of methoxy groups -OCH3 is 1. The molecule has 0 aliphatic carbocycles. The number of thiophene rings is 1. The number of aryl methyl sites for hydroxylation is 1. The first-order chi connectivity index (χ1) is 9.11. The molecule has 1 unspecified atom stereocenters. The molecule has 102 valence electrons. The summed E-state index contributed by atoms with van der Waals surface area (Å²) >= 11 is 1.73. The van der Waals surface area contributed by atoms with Crippen molar-refractivity contribution in [2.24, 2.45) is 0 Å². The van der Waals surface area contributed by atoms with Crippen LogP contribution < -0.4 is 10.1 Å². The van der Waals surface area contributed by atoms with Crippen molar-refractivity contribution < 1.29 is 9.84 Å². The van der Waals surface area contributed by atoms with Gasteiger partial charge in [-0.25, -0.2) is 0 Å². The summed E-state index contributed by atoms with van der Waals surface area (Å²) in [7, 11) is 1.56. The molecular weight excluding hydrogens is 258 g/mol. The van der Waals surface area contributed by atoms with Crippen LogP contribution in [-0.4, -0.2) is 12.2 Å². The Morgan fingerprint density at radius 3 is 2.79 bits per heavy atom. The van der Waals surface area contributed by atoms with Crippen molar-refractivity contribution in [1.82, 2.24) is 5.32 Å². The van der Waals surface area contributed by atoms with Gasteiger partial charge in [-0.05, 0) is 53.4 Å². The Morgan fingerprint density at radius 2 is 2.16 bits per heavy atom. The maximum Gasteiger partial charge on any atom is 0.160 e. The second-order valence-corrected chi connectivity index (χ2v) is 5.36. The molecular formula is C15H19NO2S. The highest BCUT2D eigenvalue weighted by Gasteiger charge is 2.09. The third kappa shape index (κ3) is 3.28. The Morgan fingerprint density at radius 1 is 1.37 bits per heavy atom. The molecule has 3 nitrogen and oxygen atoms in total. The van der Waals surface area contributed by atoms with Crippen LogP contribution in [0.3, 0.4) is 0 Å². The van der Waals surface area contributed by atoms with E-state index in [-0.39, 0.29) is 11.8 Å². The zero-order chi connectivity index (χ0) is 13.8. The number of hydrogen-bond donors (Lipinski definition) is 2. The first-order valence-electron chi connectivity index (χ1n) is 6.23. The van der Waals surface area contributed by atoms with E-state index in [1.54, 1.807) is 24.5 Å². The van der Waals surface area contributed by atoms with Crippen molar-refractivity contribution in [3.63, 3.8) is 0 Å². The molecule has 0 amide bonds. The van der Waals surface area contributed by atoms with Crippen LogP contribution in [0.5, 0.6) is 11.5 Å². The average molecular weight is 277 g/mol. The number of aromatic hydroxyl groups is 1. The number of phenols is 1. The van der Waals surface area contributed by atoms with Gasteiger partial charge in [0.25, 0.3) is 0 Å². The summed E-state index contributed by atoms with van der Waals surface area (Å²) in [6, 6.07) is 5.65. The van der Waals surface area contributed by atoms with E-state index in [4.69, 9.17) is 4.74 Å². The Bertz CT molecular complexity index is 551. The lowest BCUT2D eigenvalue weighted by molar-refractivity contribution is 0.372. The number of nitrogens with one attached hydrogen (secondary N) is 1. The number of phenolic OH excluding ortho intramolecular Hbond substituents is 1. The van der Waals surface area contributed by atoms with Gasteiger partial charge in [0, 0.05) is 12.6 Å². The highest BCUT2D eigenvalue weighted by molar-refractivity contribution is 7.08. The van der Waals surface area contributed by atoms with Crippen LogP contribution in [0.1, 0.15) is 29.7 Å². The summed E-state index contributed by atoms with van der Waals surface area (Å²) in [5.74, 6) is 0.685. The fourth-order valence-electron chi connectivity index (χ4n) is 1.91. The molecule has 1 aromatic heterocycles. The van der Waals surface area contributed by atoms with E-state index in [1.165, 1.54) is 11.1 Å². The molecule has 1 heterocycles. The van der Waals surface area contributed by atoms with Gasteiger partial charge >= 0.3 is 0 Å². The minimum atomic E-state index is 0.173. The first-order valence-corrected chi connectivity index (χ1v) is 7.18. The lowest BCUT2D eigenvalue weighted by Gasteiger charge is -2.15. The summed E-state index contributed by atoms with van der Waals surface area (Å²) < 4.78 is 5.13. The van der Waals surface area contributed by atoms with E-state index in [0.717, 1.165) is 12.1 Å². The molecule has 4 heteroatoms. The molecule has 0 fully saturated rings. The van der Waals surface area contributed by atoms with Gasteiger partial charge in [-0.15, -0.1) is 0 Å². The van der Waals surface area contributed by atoms with Crippen molar-refractivity contribution in [1.29, 1.82) is 0 Å². The maximum atomic E-state index is 9.59. The van der Waals surface area contributed by atoms with E-state index in [2.05, 4.69) is 29.9 Å². The molecule has 19 heavy (non-hydrogen) atoms. The van der Waals surface area contributed by atoms with Gasteiger partial charge in [0.2, 0.25) is 0 Å². The number of rotatable bonds is 5. The van der Waals surface area contributed by atoms with E-state index in [0.29, 0.717) is 5.75 Å². The molecule has 0 aliphatic rings. The molecule has 2 rings (SSSR count). The zero-order valence-electron chi connectivity index (χ0n) is 11.4. The van der Waals surface area contributed by atoms with Gasteiger partial charge in [-0.3, -0.25) is 0 Å². The standard InChI is InChI=1S/C15H19NO2S/c1-10-8-19-9-13(10)7-16-11(2)12-4-5-14(17)15(6-12)18-3/h4-6,8-9,11,16-17H,7H2,1-3H3. The quantitative estimate of drug-likeness (QED) is 0.877. The van der Waals surface area contributed by atoms with Crippen molar-refractivity contribution >= 4 is 11.3 Å². The smallest absolute Gasteiger partial charge is 0.160 e. The van der Waals surface area contributed by atoms with Crippen LogP contribution in [0, 0.1) is 6.92 Å². The molecule has 0 aliphatic heterocycles. The molecule has 1 aromatic carbocycles. The Kier molecular flexibility index (Phi) is 4.45. The summed E-state index contributed by atoms with van der Waals surface area (Å²) in [6.45, 7) is 5.08. The number of hydrogen-bond acceptors (Lipinski definition) is 4. The second kappa shape index (κ2) is 6.08. The number of benzene rings is 1. The summed E-state index contributed by atoms with van der Waals surface area (Å²) in [5.41, 5.74) is 3.76. The lowest BCUT2D eigenvalue weighted by atomic mass is 10.1. The van der Waals surface area contributed by atoms with Crippen molar-refractivity contribution in [2.45, 2.75) is 26.4 Å². The van der Waals surface area contributed by atoms with E-state index < -0.39 is 0 Å². The van der Waals surface area contributed by atoms with Crippen LogP contribution in [0.4, 0.5) is 0 Å². The summed E-state index contributed by atoms with van der Waals surface area (Å²) in [5, 5.41) is 17.4. The fraction of sp³-hybridized carbons (Fsp3) is 0.333. The Labute approximate surface area is 117 Å². The van der Waals surface area contributed by atoms with Gasteiger partial charge in [0.1, 0.15) is 0 Å². The van der Waals surface area contributed by atoms with Crippen LogP contribution in [0.2, 0.25) is 0 Å². The van der Waals surface area contributed by atoms with Crippen LogP contribution >= 0.6 is 11.3 Å². The fourth-order valence-corrected chi connectivity index (χ4v) is 2.77.